The predicted molar refractivity (Wildman–Crippen MR) is 86.2 cm³/mol. The molecule has 0 atom stereocenters. The average molecular weight is 313 g/mol. The average Bonchev–Trinajstić information content (AvgIpc) is 2.48. The molecule has 0 aliphatic rings. The van der Waals surface area contributed by atoms with Crippen LogP contribution in [0.15, 0.2) is 63.1 Å². The van der Waals surface area contributed by atoms with Crippen LogP contribution < -0.4 is 11.3 Å². The fourth-order valence-corrected chi connectivity index (χ4v) is 3.18. The summed E-state index contributed by atoms with van der Waals surface area (Å²) in [7, 11) is 0. The number of aromatic amines is 1. The fourth-order valence-electron chi connectivity index (χ4n) is 2.16. The number of fused-ring (bicyclic) bond motifs is 1. The number of nitrogens with zero attached hydrogens (tertiary/aromatic N) is 1. The van der Waals surface area contributed by atoms with Crippen molar-refractivity contribution in [1.29, 1.82) is 0 Å². The lowest BCUT2D eigenvalue weighted by molar-refractivity contribution is -0.383. The summed E-state index contributed by atoms with van der Waals surface area (Å²) in [6.07, 6.45) is 0. The van der Waals surface area contributed by atoms with Crippen LogP contribution in [0.25, 0.3) is 10.9 Å². The maximum atomic E-state index is 11.8. The van der Waals surface area contributed by atoms with Crippen molar-refractivity contribution in [2.45, 2.75) is 9.79 Å². The number of non-ortho nitro benzene ring substituents is 1. The number of hydrogen-bond donors (Lipinski definition) is 2. The lowest BCUT2D eigenvalue weighted by atomic mass is 10.2. The number of benzene rings is 2. The molecule has 1 aromatic heterocycles. The van der Waals surface area contributed by atoms with Crippen molar-refractivity contribution < 1.29 is 4.92 Å². The van der Waals surface area contributed by atoms with Gasteiger partial charge in [-0.1, -0.05) is 36.0 Å². The van der Waals surface area contributed by atoms with Gasteiger partial charge >= 0.3 is 0 Å². The standard InChI is InChI=1S/C15H11N3O3S/c16-10-5-1-2-7-12(10)22-13-8-14(19)17-15-9(13)4-3-6-11(15)18(20)21/h1-8H,16H2,(H,17,19). The topological polar surface area (TPSA) is 102 Å². The first-order chi connectivity index (χ1) is 10.6. The highest BCUT2D eigenvalue weighted by molar-refractivity contribution is 7.99. The normalized spacial score (nSPS) is 10.7. The smallest absolute Gasteiger partial charge is 0.293 e. The van der Waals surface area contributed by atoms with E-state index in [-0.39, 0.29) is 16.8 Å². The third-order valence-corrected chi connectivity index (χ3v) is 4.30. The Morgan fingerprint density at radius 3 is 2.59 bits per heavy atom. The Bertz CT molecular complexity index is 937. The number of nitrogens with one attached hydrogen (secondary N) is 1. The first-order valence-electron chi connectivity index (χ1n) is 6.39. The molecule has 7 heteroatoms. The summed E-state index contributed by atoms with van der Waals surface area (Å²) in [5.41, 5.74) is 6.21. The number of aromatic nitrogens is 1. The summed E-state index contributed by atoms with van der Waals surface area (Å²) in [6, 6.07) is 13.4. The summed E-state index contributed by atoms with van der Waals surface area (Å²) >= 11 is 1.31. The molecule has 6 nitrogen and oxygen atoms in total. The van der Waals surface area contributed by atoms with Crippen molar-refractivity contribution in [3.63, 3.8) is 0 Å². The first-order valence-corrected chi connectivity index (χ1v) is 7.21. The molecule has 0 unspecified atom stereocenters. The molecule has 0 bridgehead atoms. The van der Waals surface area contributed by atoms with Crippen LogP contribution in [0.2, 0.25) is 0 Å². The molecule has 0 aliphatic heterocycles. The number of nitrogen functional groups attached to an aromatic ring is 1. The SMILES string of the molecule is Nc1ccccc1Sc1cc(=O)[nH]c2c([N+](=O)[O-])cccc12. The Hall–Kier alpha value is -2.80. The number of pyridine rings is 1. The quantitative estimate of drug-likeness (QED) is 0.439. The van der Waals surface area contributed by atoms with Gasteiger partial charge in [0.15, 0.2) is 0 Å². The summed E-state index contributed by atoms with van der Waals surface area (Å²) < 4.78 is 0. The summed E-state index contributed by atoms with van der Waals surface area (Å²) in [5.74, 6) is 0. The van der Waals surface area contributed by atoms with Crippen LogP contribution in [0.4, 0.5) is 11.4 Å². The Morgan fingerprint density at radius 1 is 1.09 bits per heavy atom. The van der Waals surface area contributed by atoms with Gasteiger partial charge in [0.05, 0.1) is 4.92 Å². The van der Waals surface area contributed by atoms with E-state index in [1.165, 1.54) is 23.9 Å². The molecule has 0 spiro atoms. The molecule has 0 fully saturated rings. The summed E-state index contributed by atoms with van der Waals surface area (Å²) in [5, 5.41) is 11.7. The number of hydrogen-bond acceptors (Lipinski definition) is 5. The number of nitrogens with two attached hydrogens (primary N) is 1. The molecule has 0 amide bonds. The zero-order valence-electron chi connectivity index (χ0n) is 11.3. The molecule has 110 valence electrons. The molecule has 0 saturated heterocycles. The van der Waals surface area contributed by atoms with E-state index >= 15 is 0 Å². The molecule has 3 N–H and O–H groups in total. The lowest BCUT2D eigenvalue weighted by Gasteiger charge is -2.08. The molecule has 2 aromatic carbocycles. The van der Waals surface area contributed by atoms with E-state index in [4.69, 9.17) is 5.73 Å². The largest absolute Gasteiger partial charge is 0.398 e. The van der Waals surface area contributed by atoms with Crippen molar-refractivity contribution in [2.24, 2.45) is 0 Å². The van der Waals surface area contributed by atoms with Gasteiger partial charge in [0.1, 0.15) is 5.52 Å². The highest BCUT2D eigenvalue weighted by Gasteiger charge is 2.15. The molecule has 3 aromatic rings. The highest BCUT2D eigenvalue weighted by atomic mass is 32.2. The van der Waals surface area contributed by atoms with E-state index < -0.39 is 4.92 Å². The van der Waals surface area contributed by atoms with Gasteiger partial charge < -0.3 is 10.7 Å². The second-order valence-corrected chi connectivity index (χ2v) is 5.68. The second kappa shape index (κ2) is 5.53. The van der Waals surface area contributed by atoms with Crippen molar-refractivity contribution in [3.05, 3.63) is 69.0 Å². The number of para-hydroxylation sites is 2. The van der Waals surface area contributed by atoms with Crippen LogP contribution in [0, 0.1) is 10.1 Å². The van der Waals surface area contributed by atoms with Crippen LogP contribution in [0.5, 0.6) is 0 Å². The van der Waals surface area contributed by atoms with Crippen molar-refractivity contribution in [1.82, 2.24) is 4.98 Å². The highest BCUT2D eigenvalue weighted by Crippen LogP contribution is 2.36. The van der Waals surface area contributed by atoms with Gasteiger partial charge in [-0.3, -0.25) is 14.9 Å². The van der Waals surface area contributed by atoms with E-state index in [2.05, 4.69) is 4.98 Å². The Labute approximate surface area is 129 Å². The van der Waals surface area contributed by atoms with Crippen LogP contribution in [-0.2, 0) is 0 Å². The van der Waals surface area contributed by atoms with E-state index in [1.54, 1.807) is 18.2 Å². The maximum absolute atomic E-state index is 11.8. The molecule has 0 radical (unpaired) electrons. The molecule has 0 saturated carbocycles. The summed E-state index contributed by atoms with van der Waals surface area (Å²) in [6.45, 7) is 0. The molecular formula is C15H11N3O3S. The van der Waals surface area contributed by atoms with Gasteiger partial charge in [-0.15, -0.1) is 0 Å². The zero-order chi connectivity index (χ0) is 15.7. The predicted octanol–water partition coefficient (Wildman–Crippen LogP) is 3.17. The number of rotatable bonds is 3. The van der Waals surface area contributed by atoms with Gasteiger partial charge in [-0.25, -0.2) is 0 Å². The monoisotopic (exact) mass is 313 g/mol. The number of H-pyrrole nitrogens is 1. The van der Waals surface area contributed by atoms with Crippen molar-refractivity contribution in [3.8, 4) is 0 Å². The molecule has 1 heterocycles. The summed E-state index contributed by atoms with van der Waals surface area (Å²) in [4.78, 5) is 26.4. The molecular weight excluding hydrogens is 302 g/mol. The van der Waals surface area contributed by atoms with Crippen LogP contribution >= 0.6 is 11.8 Å². The lowest BCUT2D eigenvalue weighted by Crippen LogP contribution is -2.06. The van der Waals surface area contributed by atoms with E-state index in [0.717, 1.165) is 4.90 Å². The Balaban J connectivity index is 2.22. The Morgan fingerprint density at radius 2 is 1.86 bits per heavy atom. The third kappa shape index (κ3) is 2.53. The first kappa shape index (κ1) is 14.2. The minimum Gasteiger partial charge on any atom is -0.398 e. The van der Waals surface area contributed by atoms with Crippen molar-refractivity contribution >= 4 is 34.0 Å². The molecule has 3 rings (SSSR count). The zero-order valence-corrected chi connectivity index (χ0v) is 12.1. The maximum Gasteiger partial charge on any atom is 0.293 e. The number of nitro groups is 1. The van der Waals surface area contributed by atoms with E-state index in [0.29, 0.717) is 16.0 Å². The van der Waals surface area contributed by atoms with Gasteiger partial charge in [0.25, 0.3) is 5.69 Å². The van der Waals surface area contributed by atoms with Gasteiger partial charge in [-0.05, 0) is 12.1 Å². The Kier molecular flexibility index (Phi) is 3.56. The number of anilines is 1. The van der Waals surface area contributed by atoms with E-state index in [9.17, 15) is 14.9 Å². The van der Waals surface area contributed by atoms with Gasteiger partial charge in [-0.2, -0.15) is 0 Å². The minimum atomic E-state index is -0.510. The minimum absolute atomic E-state index is 0.127. The fraction of sp³-hybridized carbons (Fsp3) is 0. The van der Waals surface area contributed by atoms with Crippen molar-refractivity contribution in [2.75, 3.05) is 5.73 Å². The van der Waals surface area contributed by atoms with Gasteiger partial charge in [0, 0.05) is 33.0 Å². The van der Waals surface area contributed by atoms with E-state index in [1.807, 2.05) is 18.2 Å². The van der Waals surface area contributed by atoms with Gasteiger partial charge in [0.2, 0.25) is 5.56 Å². The van der Waals surface area contributed by atoms with Crippen LogP contribution in [-0.4, -0.2) is 9.91 Å². The third-order valence-electron chi connectivity index (χ3n) is 3.15. The van der Waals surface area contributed by atoms with Crippen LogP contribution in [0.1, 0.15) is 0 Å². The number of nitro benzene ring substituents is 1. The van der Waals surface area contributed by atoms with Crippen LogP contribution in [0.3, 0.4) is 0 Å². The molecule has 22 heavy (non-hydrogen) atoms. The molecule has 0 aliphatic carbocycles. The second-order valence-electron chi connectivity index (χ2n) is 4.59.